The van der Waals surface area contributed by atoms with Gasteiger partial charge in [0.2, 0.25) is 5.91 Å². The van der Waals surface area contributed by atoms with Crippen molar-refractivity contribution in [3.63, 3.8) is 0 Å². The zero-order chi connectivity index (χ0) is 18.5. The highest BCUT2D eigenvalue weighted by molar-refractivity contribution is 6.00. The number of aromatic amines is 1. The van der Waals surface area contributed by atoms with Crippen molar-refractivity contribution in [2.24, 2.45) is 11.7 Å². The monoisotopic (exact) mass is 354 g/mol. The molecular formula is C19H26N6O. The number of nitrogens with zero attached hydrogens (tertiary/aromatic N) is 3. The SMILES string of the molecule is CC[C@H](CCCC(=O)Nc1ccnc2[nH]c(-n3ccnc3)cc12)C(C)N. The molecule has 0 aromatic carbocycles. The van der Waals surface area contributed by atoms with Gasteiger partial charge in [-0.3, -0.25) is 9.36 Å². The number of hydrogen-bond donors (Lipinski definition) is 3. The van der Waals surface area contributed by atoms with Crippen LogP contribution in [0.25, 0.3) is 16.9 Å². The van der Waals surface area contributed by atoms with Crippen molar-refractivity contribution in [2.75, 3.05) is 5.32 Å². The number of aromatic nitrogens is 4. The number of nitrogens with two attached hydrogens (primary N) is 1. The van der Waals surface area contributed by atoms with Crippen LogP contribution >= 0.6 is 0 Å². The van der Waals surface area contributed by atoms with Crippen LogP contribution in [0.4, 0.5) is 5.69 Å². The molecule has 1 amide bonds. The Kier molecular flexibility index (Phi) is 5.68. The summed E-state index contributed by atoms with van der Waals surface area (Å²) in [6, 6.07) is 3.95. The second-order valence-corrected chi connectivity index (χ2v) is 6.71. The second-order valence-electron chi connectivity index (χ2n) is 6.71. The molecule has 4 N–H and O–H groups in total. The normalized spacial score (nSPS) is 13.7. The minimum absolute atomic E-state index is 0.0161. The summed E-state index contributed by atoms with van der Waals surface area (Å²) in [5, 5.41) is 3.89. The number of fused-ring (bicyclic) bond motifs is 1. The standard InChI is InChI=1S/C19H26N6O/c1-3-14(13(2)20)5-4-6-18(26)23-16-7-8-22-19-15(16)11-17(24-19)25-10-9-21-12-25/h7-14H,3-6,20H2,1-2H3,(H2,22,23,24,26)/t13?,14-/m1/s1. The largest absolute Gasteiger partial charge is 0.328 e. The maximum atomic E-state index is 12.3. The summed E-state index contributed by atoms with van der Waals surface area (Å²) in [5.41, 5.74) is 7.47. The summed E-state index contributed by atoms with van der Waals surface area (Å²) in [5.74, 6) is 1.34. The number of rotatable bonds is 8. The summed E-state index contributed by atoms with van der Waals surface area (Å²) < 4.78 is 1.87. The number of pyridine rings is 1. The average Bonchev–Trinajstić information content (AvgIpc) is 3.27. The Morgan fingerprint density at radius 2 is 2.27 bits per heavy atom. The molecular weight excluding hydrogens is 328 g/mol. The number of nitrogens with one attached hydrogen (secondary N) is 2. The van der Waals surface area contributed by atoms with Crippen LogP contribution in [0.1, 0.15) is 39.5 Å². The van der Waals surface area contributed by atoms with E-state index in [4.69, 9.17) is 5.73 Å². The first-order valence-corrected chi connectivity index (χ1v) is 9.10. The molecule has 7 heteroatoms. The van der Waals surface area contributed by atoms with E-state index in [0.29, 0.717) is 12.3 Å². The molecule has 0 aliphatic heterocycles. The lowest BCUT2D eigenvalue weighted by molar-refractivity contribution is -0.116. The van der Waals surface area contributed by atoms with Gasteiger partial charge >= 0.3 is 0 Å². The van der Waals surface area contributed by atoms with Gasteiger partial charge in [0.15, 0.2) is 0 Å². The fraction of sp³-hybridized carbons (Fsp3) is 0.421. The highest BCUT2D eigenvalue weighted by Crippen LogP contribution is 2.24. The van der Waals surface area contributed by atoms with Gasteiger partial charge in [-0.1, -0.05) is 13.3 Å². The fourth-order valence-corrected chi connectivity index (χ4v) is 3.24. The highest BCUT2D eigenvalue weighted by atomic mass is 16.1. The minimum atomic E-state index is 0.0161. The predicted molar refractivity (Wildman–Crippen MR) is 103 cm³/mol. The Labute approximate surface area is 153 Å². The number of imidazole rings is 1. The van der Waals surface area contributed by atoms with Gasteiger partial charge < -0.3 is 16.0 Å². The van der Waals surface area contributed by atoms with E-state index in [2.05, 4.69) is 27.2 Å². The van der Waals surface area contributed by atoms with E-state index in [1.807, 2.05) is 29.8 Å². The van der Waals surface area contributed by atoms with Crippen molar-refractivity contribution < 1.29 is 4.79 Å². The molecule has 0 bridgehead atoms. The molecule has 0 fully saturated rings. The van der Waals surface area contributed by atoms with E-state index in [0.717, 1.165) is 41.8 Å². The van der Waals surface area contributed by atoms with Crippen molar-refractivity contribution in [1.29, 1.82) is 0 Å². The van der Waals surface area contributed by atoms with Crippen LogP contribution in [-0.4, -0.2) is 31.5 Å². The first-order chi connectivity index (χ1) is 12.6. The van der Waals surface area contributed by atoms with Gasteiger partial charge in [-0.05, 0) is 37.8 Å². The average molecular weight is 354 g/mol. The second kappa shape index (κ2) is 8.14. The van der Waals surface area contributed by atoms with Crippen LogP contribution in [-0.2, 0) is 4.79 Å². The van der Waals surface area contributed by atoms with Crippen LogP contribution in [0.5, 0.6) is 0 Å². The molecule has 3 heterocycles. The van der Waals surface area contributed by atoms with E-state index in [9.17, 15) is 4.79 Å². The van der Waals surface area contributed by atoms with Crippen LogP contribution in [0.2, 0.25) is 0 Å². The third-order valence-corrected chi connectivity index (χ3v) is 4.82. The molecule has 0 saturated carbocycles. The Bertz CT molecular complexity index is 852. The topological polar surface area (TPSA) is 102 Å². The quantitative estimate of drug-likeness (QED) is 0.578. The van der Waals surface area contributed by atoms with E-state index < -0.39 is 0 Å². The molecule has 0 aliphatic carbocycles. The van der Waals surface area contributed by atoms with Gasteiger partial charge in [-0.2, -0.15) is 0 Å². The van der Waals surface area contributed by atoms with Gasteiger partial charge in [0.05, 0.1) is 5.69 Å². The molecule has 0 saturated heterocycles. The lowest BCUT2D eigenvalue weighted by Crippen LogP contribution is -2.26. The third kappa shape index (κ3) is 4.11. The predicted octanol–water partition coefficient (Wildman–Crippen LogP) is 3.23. The molecule has 0 spiro atoms. The van der Waals surface area contributed by atoms with E-state index >= 15 is 0 Å². The molecule has 7 nitrogen and oxygen atoms in total. The Hall–Kier alpha value is -2.67. The molecule has 0 radical (unpaired) electrons. The Balaban J connectivity index is 1.66. The molecule has 3 rings (SSSR count). The smallest absolute Gasteiger partial charge is 0.224 e. The van der Waals surface area contributed by atoms with Gasteiger partial charge in [0, 0.05) is 36.4 Å². The molecule has 1 unspecified atom stereocenters. The maximum Gasteiger partial charge on any atom is 0.224 e. The number of carbonyl (C=O) groups excluding carboxylic acids is 1. The minimum Gasteiger partial charge on any atom is -0.328 e. The van der Waals surface area contributed by atoms with Crippen LogP contribution in [0.3, 0.4) is 0 Å². The fourth-order valence-electron chi connectivity index (χ4n) is 3.24. The molecule has 0 aliphatic rings. The number of hydrogen-bond acceptors (Lipinski definition) is 4. The van der Waals surface area contributed by atoms with Crippen LogP contribution < -0.4 is 11.1 Å². The number of amides is 1. The van der Waals surface area contributed by atoms with Gasteiger partial charge in [-0.15, -0.1) is 0 Å². The number of carbonyl (C=O) groups is 1. The van der Waals surface area contributed by atoms with Gasteiger partial charge in [0.1, 0.15) is 17.8 Å². The number of H-pyrrole nitrogens is 1. The van der Waals surface area contributed by atoms with Gasteiger partial charge in [0.25, 0.3) is 0 Å². The number of anilines is 1. The summed E-state index contributed by atoms with van der Waals surface area (Å²) in [6.45, 7) is 4.18. The van der Waals surface area contributed by atoms with Crippen molar-refractivity contribution in [2.45, 2.75) is 45.6 Å². The first-order valence-electron chi connectivity index (χ1n) is 9.10. The van der Waals surface area contributed by atoms with Crippen molar-refractivity contribution in [1.82, 2.24) is 19.5 Å². The van der Waals surface area contributed by atoms with E-state index in [-0.39, 0.29) is 11.9 Å². The van der Waals surface area contributed by atoms with E-state index in [1.165, 1.54) is 0 Å². The summed E-state index contributed by atoms with van der Waals surface area (Å²) >= 11 is 0. The van der Waals surface area contributed by atoms with Gasteiger partial charge in [-0.25, -0.2) is 9.97 Å². The zero-order valence-electron chi connectivity index (χ0n) is 15.3. The molecule has 2 atom stereocenters. The van der Waals surface area contributed by atoms with E-state index in [1.54, 1.807) is 18.7 Å². The van der Waals surface area contributed by atoms with Crippen LogP contribution in [0.15, 0.2) is 37.1 Å². The Morgan fingerprint density at radius 3 is 2.96 bits per heavy atom. The molecule has 26 heavy (non-hydrogen) atoms. The molecule has 138 valence electrons. The third-order valence-electron chi connectivity index (χ3n) is 4.82. The summed E-state index contributed by atoms with van der Waals surface area (Å²) in [7, 11) is 0. The lowest BCUT2D eigenvalue weighted by atomic mass is 9.93. The van der Waals surface area contributed by atoms with Crippen molar-refractivity contribution in [3.8, 4) is 5.82 Å². The van der Waals surface area contributed by atoms with Crippen LogP contribution in [0, 0.1) is 5.92 Å². The van der Waals surface area contributed by atoms with Crippen molar-refractivity contribution >= 4 is 22.6 Å². The highest BCUT2D eigenvalue weighted by Gasteiger charge is 2.13. The zero-order valence-corrected chi connectivity index (χ0v) is 15.3. The lowest BCUT2D eigenvalue weighted by Gasteiger charge is -2.18. The first kappa shape index (κ1) is 18.1. The summed E-state index contributed by atoms with van der Waals surface area (Å²) in [4.78, 5) is 24.0. The van der Waals surface area contributed by atoms with Crippen molar-refractivity contribution in [3.05, 3.63) is 37.1 Å². The maximum absolute atomic E-state index is 12.3. The Morgan fingerprint density at radius 1 is 1.42 bits per heavy atom. The molecule has 3 aromatic rings. The summed E-state index contributed by atoms with van der Waals surface area (Å²) in [6.07, 6.45) is 10.3. The molecule has 3 aromatic heterocycles.